The topological polar surface area (TPSA) is 34.5 Å². The molecular weight excluding hydrogens is 154 g/mol. The van der Waals surface area contributed by atoms with E-state index in [9.17, 15) is 4.79 Å². The van der Waals surface area contributed by atoms with Crippen LogP contribution in [-0.4, -0.2) is 17.3 Å². The summed E-state index contributed by atoms with van der Waals surface area (Å²) in [5.74, 6) is 0. The molecule has 1 aromatic heterocycles. The minimum absolute atomic E-state index is 0.0638. The molecule has 0 spiro atoms. The second-order valence-corrected chi connectivity index (χ2v) is 3.02. The molecule has 0 saturated carbocycles. The predicted molar refractivity (Wildman–Crippen MR) is 45.1 cm³/mol. The van der Waals surface area contributed by atoms with Crippen LogP contribution in [0.2, 0.25) is 0 Å². The zero-order chi connectivity index (χ0) is 8.39. The van der Waals surface area contributed by atoms with E-state index in [0.717, 1.165) is 19.6 Å². The Hall–Kier alpha value is -1.09. The van der Waals surface area contributed by atoms with Gasteiger partial charge in [-0.25, -0.2) is 0 Å². The zero-order valence-corrected chi connectivity index (χ0v) is 6.77. The summed E-state index contributed by atoms with van der Waals surface area (Å²) in [7, 11) is 0. The summed E-state index contributed by atoms with van der Waals surface area (Å²) in [6.45, 7) is 1.84. The molecule has 64 valence electrons. The van der Waals surface area contributed by atoms with Crippen LogP contribution in [0.25, 0.3) is 0 Å². The average Bonchev–Trinajstić information content (AvgIpc) is 2.87. The van der Waals surface area contributed by atoms with Crippen molar-refractivity contribution in [3.63, 3.8) is 0 Å². The first-order valence-electron chi connectivity index (χ1n) is 4.12. The molecule has 0 aromatic carbocycles. The summed E-state index contributed by atoms with van der Waals surface area (Å²) in [5, 5.41) is 0. The second-order valence-electron chi connectivity index (χ2n) is 3.02. The Balaban J connectivity index is 1.93. The fourth-order valence-corrected chi connectivity index (χ4v) is 1.12. The maximum atomic E-state index is 10.7. The minimum Gasteiger partial charge on any atom is -0.373 e. The van der Waals surface area contributed by atoms with Crippen molar-refractivity contribution < 1.29 is 4.74 Å². The molecule has 1 saturated heterocycles. The summed E-state index contributed by atoms with van der Waals surface area (Å²) in [6, 6.07) is 3.15. The highest BCUT2D eigenvalue weighted by molar-refractivity contribution is 4.93. The molecular formula is C9H11NO2. The van der Waals surface area contributed by atoms with Crippen molar-refractivity contribution in [2.75, 3.05) is 6.61 Å². The van der Waals surface area contributed by atoms with Gasteiger partial charge in [0.2, 0.25) is 0 Å². The van der Waals surface area contributed by atoms with E-state index in [4.69, 9.17) is 4.74 Å². The fourth-order valence-electron chi connectivity index (χ4n) is 1.12. The molecule has 1 aliphatic rings. The van der Waals surface area contributed by atoms with Crippen molar-refractivity contribution in [3.05, 3.63) is 34.7 Å². The average molecular weight is 165 g/mol. The van der Waals surface area contributed by atoms with Crippen LogP contribution in [0.4, 0.5) is 0 Å². The number of ether oxygens (including phenoxy) is 1. The lowest BCUT2D eigenvalue weighted by Crippen LogP contribution is -2.05. The minimum atomic E-state index is 0.0638. The molecule has 2 rings (SSSR count). The van der Waals surface area contributed by atoms with Crippen molar-refractivity contribution in [2.24, 2.45) is 0 Å². The van der Waals surface area contributed by atoms with Crippen LogP contribution in [0.5, 0.6) is 0 Å². The highest BCUT2D eigenvalue weighted by atomic mass is 16.6. The number of aromatic nitrogens is 1. The third-order valence-electron chi connectivity index (χ3n) is 1.97. The van der Waals surface area contributed by atoms with Crippen molar-refractivity contribution in [3.8, 4) is 0 Å². The van der Waals surface area contributed by atoms with Gasteiger partial charge >= 0.3 is 0 Å². The third kappa shape index (κ3) is 1.95. The lowest BCUT2D eigenvalue weighted by molar-refractivity contribution is 0.385. The summed E-state index contributed by atoms with van der Waals surface area (Å²) in [5.41, 5.74) is 0.0638. The summed E-state index contributed by atoms with van der Waals surface area (Å²) in [4.78, 5) is 10.7. The Morgan fingerprint density at radius 1 is 1.50 bits per heavy atom. The van der Waals surface area contributed by atoms with Crippen LogP contribution in [0.15, 0.2) is 29.3 Å². The molecule has 3 nitrogen and oxygen atoms in total. The molecule has 3 heteroatoms. The number of nitrogens with zero attached hydrogens (tertiary/aromatic N) is 1. The van der Waals surface area contributed by atoms with Gasteiger partial charge in [0.15, 0.2) is 5.43 Å². The zero-order valence-electron chi connectivity index (χ0n) is 6.77. The Morgan fingerprint density at radius 3 is 2.75 bits per heavy atom. The number of aryl methyl sites for hydroxylation is 1. The van der Waals surface area contributed by atoms with Gasteiger partial charge in [-0.05, 0) is 6.42 Å². The maximum Gasteiger partial charge on any atom is 0.181 e. The van der Waals surface area contributed by atoms with E-state index in [1.54, 1.807) is 12.1 Å². The molecule has 2 heterocycles. The van der Waals surface area contributed by atoms with Crippen LogP contribution < -0.4 is 5.43 Å². The molecule has 0 aliphatic carbocycles. The monoisotopic (exact) mass is 165 g/mol. The summed E-state index contributed by atoms with van der Waals surface area (Å²) in [6.07, 6.45) is 5.13. The number of hydrogen-bond acceptors (Lipinski definition) is 2. The van der Waals surface area contributed by atoms with Gasteiger partial charge in [0.05, 0.1) is 12.7 Å². The van der Waals surface area contributed by atoms with E-state index in [2.05, 4.69) is 0 Å². The molecule has 1 aromatic rings. The summed E-state index contributed by atoms with van der Waals surface area (Å²) >= 11 is 0. The Bertz CT molecular complexity index is 294. The smallest absolute Gasteiger partial charge is 0.181 e. The summed E-state index contributed by atoms with van der Waals surface area (Å²) < 4.78 is 7.08. The van der Waals surface area contributed by atoms with Crippen molar-refractivity contribution in [2.45, 2.75) is 19.1 Å². The molecule has 0 amide bonds. The molecule has 0 N–H and O–H groups in total. The van der Waals surface area contributed by atoms with E-state index in [1.165, 1.54) is 0 Å². The molecule has 1 atom stereocenters. The maximum absolute atomic E-state index is 10.7. The lowest BCUT2D eigenvalue weighted by Gasteiger charge is -2.02. The van der Waals surface area contributed by atoms with Gasteiger partial charge in [-0.1, -0.05) is 0 Å². The molecule has 1 aliphatic heterocycles. The van der Waals surface area contributed by atoms with Crippen LogP contribution in [0.1, 0.15) is 6.42 Å². The molecule has 1 unspecified atom stereocenters. The van der Waals surface area contributed by atoms with Crippen molar-refractivity contribution >= 4 is 0 Å². The molecule has 0 radical (unpaired) electrons. The van der Waals surface area contributed by atoms with Gasteiger partial charge < -0.3 is 9.30 Å². The second kappa shape index (κ2) is 3.11. The number of hydrogen-bond donors (Lipinski definition) is 0. The van der Waals surface area contributed by atoms with Gasteiger partial charge in [-0.2, -0.15) is 0 Å². The van der Waals surface area contributed by atoms with E-state index >= 15 is 0 Å². The molecule has 0 bridgehead atoms. The van der Waals surface area contributed by atoms with Gasteiger partial charge in [0, 0.05) is 31.1 Å². The Morgan fingerprint density at radius 2 is 2.17 bits per heavy atom. The standard InChI is InChI=1S/C9H11NO2/c11-8-1-4-10(5-2-8)6-3-9-7-12-9/h1-2,4-5,9H,3,6-7H2. The first-order valence-corrected chi connectivity index (χ1v) is 4.12. The number of rotatable bonds is 3. The quantitative estimate of drug-likeness (QED) is 0.616. The van der Waals surface area contributed by atoms with Crippen molar-refractivity contribution in [1.29, 1.82) is 0 Å². The first kappa shape index (κ1) is 7.55. The van der Waals surface area contributed by atoms with E-state index in [0.29, 0.717) is 6.10 Å². The number of epoxide rings is 1. The first-order chi connectivity index (χ1) is 5.84. The van der Waals surface area contributed by atoms with Gasteiger partial charge in [-0.15, -0.1) is 0 Å². The Labute approximate surface area is 70.6 Å². The van der Waals surface area contributed by atoms with Crippen LogP contribution in [0, 0.1) is 0 Å². The van der Waals surface area contributed by atoms with Crippen LogP contribution in [0.3, 0.4) is 0 Å². The number of pyridine rings is 1. The van der Waals surface area contributed by atoms with Gasteiger partial charge in [0.1, 0.15) is 0 Å². The van der Waals surface area contributed by atoms with E-state index < -0.39 is 0 Å². The highest BCUT2D eigenvalue weighted by Crippen LogP contribution is 2.13. The van der Waals surface area contributed by atoms with E-state index in [1.807, 2.05) is 17.0 Å². The van der Waals surface area contributed by atoms with Crippen LogP contribution in [-0.2, 0) is 11.3 Å². The van der Waals surface area contributed by atoms with E-state index in [-0.39, 0.29) is 5.43 Å². The SMILES string of the molecule is O=c1ccn(CCC2CO2)cc1. The predicted octanol–water partition coefficient (Wildman–Crippen LogP) is 0.637. The third-order valence-corrected chi connectivity index (χ3v) is 1.97. The lowest BCUT2D eigenvalue weighted by atomic mass is 10.3. The van der Waals surface area contributed by atoms with Crippen molar-refractivity contribution in [1.82, 2.24) is 4.57 Å². The highest BCUT2D eigenvalue weighted by Gasteiger charge is 2.21. The normalized spacial score (nSPS) is 20.8. The molecule has 1 fully saturated rings. The Kier molecular flexibility index (Phi) is 1.96. The fraction of sp³-hybridized carbons (Fsp3) is 0.444. The molecule has 12 heavy (non-hydrogen) atoms. The van der Waals surface area contributed by atoms with Crippen LogP contribution >= 0.6 is 0 Å². The van der Waals surface area contributed by atoms with Gasteiger partial charge in [-0.3, -0.25) is 4.79 Å². The largest absolute Gasteiger partial charge is 0.373 e. The van der Waals surface area contributed by atoms with Gasteiger partial charge in [0.25, 0.3) is 0 Å².